The maximum absolute atomic E-state index is 12.3. The summed E-state index contributed by atoms with van der Waals surface area (Å²) in [5, 5.41) is 60.5. The van der Waals surface area contributed by atoms with Crippen molar-refractivity contribution in [3.63, 3.8) is 0 Å². The maximum Gasteiger partial charge on any atom is 0.124 e. The summed E-state index contributed by atoms with van der Waals surface area (Å²) in [5.74, 6) is 0.724. The van der Waals surface area contributed by atoms with E-state index >= 15 is 0 Å². The van der Waals surface area contributed by atoms with Crippen LogP contribution in [0.25, 0.3) is 0 Å². The molecule has 9 nitrogen and oxygen atoms in total. The number of aromatic hydroxyl groups is 3. The maximum atomic E-state index is 12.3. The highest BCUT2D eigenvalue weighted by Gasteiger charge is 2.30. The highest BCUT2D eigenvalue weighted by Crippen LogP contribution is 2.37. The summed E-state index contributed by atoms with van der Waals surface area (Å²) in [6.07, 6.45) is 0. The van der Waals surface area contributed by atoms with Crippen molar-refractivity contribution in [2.75, 3.05) is 0 Å². The predicted molar refractivity (Wildman–Crippen MR) is 315 cm³/mol. The quantitative estimate of drug-likeness (QED) is 0.0799. The Bertz CT molecular complexity index is 2780. The van der Waals surface area contributed by atoms with Crippen LogP contribution in [-0.4, -0.2) is 15.3 Å². The third-order valence-electron chi connectivity index (χ3n) is 15.3. The van der Waals surface area contributed by atoms with Gasteiger partial charge in [-0.3, -0.25) is 0 Å². The third-order valence-corrected chi connectivity index (χ3v) is 15.3. The zero-order chi connectivity index (χ0) is 53.8. The molecule has 0 fully saturated rings. The minimum atomic E-state index is -0.247. The van der Waals surface area contributed by atoms with Crippen molar-refractivity contribution < 1.29 is 15.3 Å². The smallest absolute Gasteiger partial charge is 0.124 e. The number of fused-ring (bicyclic) bond motifs is 6. The van der Waals surface area contributed by atoms with Crippen molar-refractivity contribution >= 4 is 0 Å². The lowest BCUT2D eigenvalue weighted by Crippen LogP contribution is -2.35. The highest BCUT2D eigenvalue weighted by atomic mass is 16.3. The lowest BCUT2D eigenvalue weighted by atomic mass is 9.92. The van der Waals surface area contributed by atoms with Gasteiger partial charge in [0.2, 0.25) is 0 Å². The fraction of sp³-hybridized carbons (Fsp3) is 0.217. The first kappa shape index (κ1) is 53.5. The van der Waals surface area contributed by atoms with Gasteiger partial charge in [0, 0.05) is 72.6 Å². The van der Waals surface area contributed by atoms with Crippen LogP contribution in [0, 0.1) is 20.8 Å². The molecule has 0 radical (unpaired) electrons. The second kappa shape index (κ2) is 25.5. The van der Waals surface area contributed by atoms with E-state index in [-0.39, 0.29) is 53.5 Å². The van der Waals surface area contributed by atoms with Crippen molar-refractivity contribution in [1.29, 1.82) is 0 Å². The fourth-order valence-corrected chi connectivity index (χ4v) is 11.5. The number of nitrogens with one attached hydrogen (secondary N) is 6. The summed E-state index contributed by atoms with van der Waals surface area (Å²) in [6.45, 7) is 8.56. The molecular weight excluding hydrogens is 961 g/mol. The second-order valence-electron chi connectivity index (χ2n) is 20.9. The number of aryl methyl sites for hydroxylation is 3. The molecule has 0 aliphatic carbocycles. The summed E-state index contributed by atoms with van der Waals surface area (Å²) >= 11 is 0. The largest absolute Gasteiger partial charge is 0.507 e. The van der Waals surface area contributed by atoms with Gasteiger partial charge in [0.05, 0.1) is 36.3 Å². The van der Waals surface area contributed by atoms with Gasteiger partial charge in [-0.2, -0.15) is 0 Å². The van der Waals surface area contributed by atoms with Crippen LogP contribution in [0.5, 0.6) is 17.2 Å². The van der Waals surface area contributed by atoms with Crippen LogP contribution in [0.3, 0.4) is 0 Å². The Morgan fingerprint density at radius 1 is 0.244 bits per heavy atom. The summed E-state index contributed by atoms with van der Waals surface area (Å²) in [7, 11) is 0. The van der Waals surface area contributed by atoms with Crippen molar-refractivity contribution in [3.05, 3.63) is 302 Å². The van der Waals surface area contributed by atoms with E-state index in [0.29, 0.717) is 39.3 Å². The average molecular weight is 1030 g/mol. The van der Waals surface area contributed by atoms with Gasteiger partial charge in [0.15, 0.2) is 0 Å². The lowest BCUT2D eigenvalue weighted by molar-refractivity contribution is 0.367. The van der Waals surface area contributed by atoms with Crippen molar-refractivity contribution in [3.8, 4) is 17.2 Å². The minimum absolute atomic E-state index is 0.241. The predicted octanol–water partition coefficient (Wildman–Crippen LogP) is 13.1. The summed E-state index contributed by atoms with van der Waals surface area (Å²) in [6, 6.07) is 73.8. The molecule has 0 amide bonds. The van der Waals surface area contributed by atoms with E-state index in [1.807, 2.05) is 36.4 Å². The molecule has 2 unspecified atom stereocenters. The molecule has 1 aliphatic heterocycles. The normalized spacial score (nSPS) is 20.0. The Hall–Kier alpha value is -7.86. The molecule has 9 aromatic carbocycles. The molecule has 6 bridgehead atoms. The van der Waals surface area contributed by atoms with Crippen LogP contribution in [0.15, 0.2) is 218 Å². The van der Waals surface area contributed by atoms with Gasteiger partial charge in [-0.1, -0.05) is 235 Å². The van der Waals surface area contributed by atoms with E-state index in [9.17, 15) is 15.3 Å². The van der Waals surface area contributed by atoms with Gasteiger partial charge in [0.25, 0.3) is 0 Å². The molecule has 0 saturated carbocycles. The van der Waals surface area contributed by atoms with Gasteiger partial charge in [-0.25, -0.2) is 0 Å². The molecule has 0 aromatic heterocycles. The zero-order valence-electron chi connectivity index (χ0n) is 44.8. The minimum Gasteiger partial charge on any atom is -0.507 e. The van der Waals surface area contributed by atoms with Crippen LogP contribution >= 0.6 is 0 Å². The first-order valence-electron chi connectivity index (χ1n) is 27.3. The van der Waals surface area contributed by atoms with Crippen molar-refractivity contribution in [2.45, 2.75) is 96.3 Å². The standard InChI is InChI=1S/C69H72N6O3/c1-46-34-55-40-70-61(49-22-10-4-11-23-49)63(51-26-14-6-15-27-51)72-42-57-36-47(2)38-59(68(57)77)44-74-65(53-30-18-8-19-31-53)66(54-32-20-9-21-33-54)75-45-60-39-48(3)37-58(69(60)78)43-73-64(52-28-16-7-17-29-52)62(50-24-12-5-13-25-50)71-41-56(35-46)67(55)76/h4-39,61-66,70-78H,40-45H2,1-3H3/t61-,62-,63?,64?,65-,66-/m1/s1. The van der Waals surface area contributed by atoms with E-state index in [1.54, 1.807) is 0 Å². The topological polar surface area (TPSA) is 133 Å². The Morgan fingerprint density at radius 2 is 0.385 bits per heavy atom. The Balaban J connectivity index is 1.09. The van der Waals surface area contributed by atoms with Crippen LogP contribution in [0.2, 0.25) is 0 Å². The number of hydrogen-bond acceptors (Lipinski definition) is 9. The number of phenols is 3. The molecule has 9 aromatic rings. The van der Waals surface area contributed by atoms with Crippen LogP contribution in [0.1, 0.15) is 120 Å². The van der Waals surface area contributed by atoms with Gasteiger partial charge in [-0.15, -0.1) is 0 Å². The number of hydrogen-bond donors (Lipinski definition) is 9. The molecule has 10 rings (SSSR count). The van der Waals surface area contributed by atoms with E-state index in [4.69, 9.17) is 0 Å². The average Bonchev–Trinajstić information content (AvgIpc) is 3.51. The summed E-state index contributed by atoms with van der Waals surface area (Å²) < 4.78 is 0. The third kappa shape index (κ3) is 12.9. The van der Waals surface area contributed by atoms with E-state index in [1.165, 1.54) is 0 Å². The van der Waals surface area contributed by atoms with Crippen LogP contribution < -0.4 is 31.9 Å². The Labute approximate surface area is 460 Å². The SMILES string of the molecule is Cc1cc2c(O)c(c1)CN[C@H](c1ccccc1)C(c1ccccc1)NCc1cc(C)cc(c1O)CN[C@H](c1ccccc1)[C@@H](c1ccccc1)NCc1cc(C)cc(c1O)CNC(c1ccccc1)[C@@H](c1ccccc1)NC2. The number of phenolic OH excluding ortho intramolecular Hbond substituents is 3. The Morgan fingerprint density at radius 3 is 0.526 bits per heavy atom. The van der Waals surface area contributed by atoms with Gasteiger partial charge in [0.1, 0.15) is 17.2 Å². The molecule has 0 spiro atoms. The van der Waals surface area contributed by atoms with Crippen LogP contribution in [0.4, 0.5) is 0 Å². The van der Waals surface area contributed by atoms with E-state index in [0.717, 1.165) is 83.5 Å². The highest BCUT2D eigenvalue weighted by molar-refractivity contribution is 5.47. The molecular formula is C69H72N6O3. The molecule has 78 heavy (non-hydrogen) atoms. The van der Waals surface area contributed by atoms with Gasteiger partial charge in [-0.05, 0) is 54.2 Å². The molecule has 9 N–H and O–H groups in total. The number of benzene rings is 9. The van der Waals surface area contributed by atoms with E-state index < -0.39 is 0 Å². The van der Waals surface area contributed by atoms with Gasteiger partial charge < -0.3 is 47.2 Å². The first-order valence-corrected chi connectivity index (χ1v) is 27.3. The second-order valence-corrected chi connectivity index (χ2v) is 20.9. The first-order chi connectivity index (χ1) is 38.2. The fourth-order valence-electron chi connectivity index (χ4n) is 11.5. The molecule has 9 heteroatoms. The van der Waals surface area contributed by atoms with E-state index in [2.05, 4.69) is 235 Å². The van der Waals surface area contributed by atoms with Gasteiger partial charge >= 0.3 is 0 Å². The molecule has 1 aliphatic rings. The van der Waals surface area contributed by atoms with Crippen molar-refractivity contribution in [2.24, 2.45) is 0 Å². The summed E-state index contributed by atoms with van der Waals surface area (Å²) in [4.78, 5) is 0. The molecule has 396 valence electrons. The Kier molecular flexibility index (Phi) is 17.5. The lowest BCUT2D eigenvalue weighted by Gasteiger charge is -2.31. The summed E-state index contributed by atoms with van der Waals surface area (Å²) in [5.41, 5.74) is 14.4. The molecule has 6 atom stereocenters. The van der Waals surface area contributed by atoms with Crippen molar-refractivity contribution in [1.82, 2.24) is 31.9 Å². The molecule has 0 saturated heterocycles. The van der Waals surface area contributed by atoms with Crippen LogP contribution in [-0.2, 0) is 39.3 Å². The zero-order valence-corrected chi connectivity index (χ0v) is 44.8. The number of rotatable bonds is 6. The monoisotopic (exact) mass is 1030 g/mol. The molecule has 1 heterocycles.